The fourth-order valence-corrected chi connectivity index (χ4v) is 4.15. The van der Waals surface area contributed by atoms with Gasteiger partial charge < -0.3 is 5.32 Å². The average molecular weight is 403 g/mol. The van der Waals surface area contributed by atoms with Crippen LogP contribution in [0.4, 0.5) is 5.69 Å². The molecule has 1 atom stereocenters. The van der Waals surface area contributed by atoms with Gasteiger partial charge >= 0.3 is 0 Å². The molecule has 0 bridgehead atoms. The van der Waals surface area contributed by atoms with Crippen molar-refractivity contribution < 1.29 is 13.2 Å². The molecule has 0 radical (unpaired) electrons. The molecule has 0 fully saturated rings. The van der Waals surface area contributed by atoms with Crippen LogP contribution in [0.5, 0.6) is 0 Å². The van der Waals surface area contributed by atoms with Gasteiger partial charge in [-0.15, -0.1) is 0 Å². The molecule has 152 valence electrons. The van der Waals surface area contributed by atoms with Crippen molar-refractivity contribution in [2.45, 2.75) is 39.0 Å². The van der Waals surface area contributed by atoms with Gasteiger partial charge in [0, 0.05) is 19.5 Å². The summed E-state index contributed by atoms with van der Waals surface area (Å²) in [7, 11) is -3.41. The first-order chi connectivity index (χ1) is 13.3. The Morgan fingerprint density at radius 3 is 2.36 bits per heavy atom. The van der Waals surface area contributed by atoms with Crippen molar-refractivity contribution in [3.8, 4) is 0 Å². The number of sulfonamides is 1. The predicted molar refractivity (Wildman–Crippen MR) is 115 cm³/mol. The van der Waals surface area contributed by atoms with E-state index < -0.39 is 10.0 Å². The molecule has 0 aromatic heterocycles. The number of rotatable bonds is 10. The Bertz CT molecular complexity index is 866. The summed E-state index contributed by atoms with van der Waals surface area (Å²) in [6.07, 6.45) is 2.72. The van der Waals surface area contributed by atoms with Gasteiger partial charge in [0.05, 0.1) is 11.9 Å². The van der Waals surface area contributed by atoms with Gasteiger partial charge in [-0.3, -0.25) is 9.10 Å². The van der Waals surface area contributed by atoms with Crippen LogP contribution >= 0.6 is 0 Å². The van der Waals surface area contributed by atoms with Gasteiger partial charge in [0.2, 0.25) is 15.9 Å². The molecule has 2 aromatic carbocycles. The molecule has 28 heavy (non-hydrogen) atoms. The predicted octanol–water partition coefficient (Wildman–Crippen LogP) is 3.72. The SMILES string of the molecule is CCc1ccccc1N(CCCC(=O)NC[C@H](C)c1ccccc1)S(C)(=O)=O. The van der Waals surface area contributed by atoms with Crippen LogP contribution in [0.2, 0.25) is 0 Å². The lowest BCUT2D eigenvalue weighted by atomic mass is 10.0. The molecule has 2 rings (SSSR count). The standard InChI is InChI=1S/C22H30N2O3S/c1-4-19-11-8-9-14-21(19)24(28(3,26)27)16-10-15-22(25)23-17-18(2)20-12-6-5-7-13-20/h5-9,11-14,18H,4,10,15-17H2,1-3H3,(H,23,25)/t18-/m0/s1. The molecular weight excluding hydrogens is 372 g/mol. The first-order valence-electron chi connectivity index (χ1n) is 9.70. The Morgan fingerprint density at radius 1 is 1.07 bits per heavy atom. The zero-order valence-corrected chi connectivity index (χ0v) is 17.7. The molecule has 0 heterocycles. The number of nitrogens with one attached hydrogen (secondary N) is 1. The van der Waals surface area contributed by atoms with E-state index >= 15 is 0 Å². The summed E-state index contributed by atoms with van der Waals surface area (Å²) in [5.74, 6) is 0.175. The van der Waals surface area contributed by atoms with E-state index in [0.717, 1.165) is 12.0 Å². The van der Waals surface area contributed by atoms with Gasteiger partial charge in [-0.2, -0.15) is 0 Å². The van der Waals surface area contributed by atoms with E-state index in [1.165, 1.54) is 16.1 Å². The maximum absolute atomic E-state index is 12.3. The van der Waals surface area contributed by atoms with Crippen LogP contribution in [0.1, 0.15) is 43.7 Å². The molecule has 1 N–H and O–H groups in total. The highest BCUT2D eigenvalue weighted by molar-refractivity contribution is 7.92. The van der Waals surface area contributed by atoms with Gasteiger partial charge in [-0.1, -0.05) is 62.4 Å². The third kappa shape index (κ3) is 6.37. The number of anilines is 1. The summed E-state index contributed by atoms with van der Waals surface area (Å²) < 4.78 is 26.0. The minimum atomic E-state index is -3.41. The van der Waals surface area contributed by atoms with Crippen molar-refractivity contribution in [3.05, 3.63) is 65.7 Å². The van der Waals surface area contributed by atoms with Crippen LogP contribution < -0.4 is 9.62 Å². The number of carbonyl (C=O) groups is 1. The molecule has 0 spiro atoms. The van der Waals surface area contributed by atoms with Crippen LogP contribution in [0.3, 0.4) is 0 Å². The second kappa shape index (κ2) is 10.3. The fourth-order valence-electron chi connectivity index (χ4n) is 3.16. The molecule has 0 saturated heterocycles. The van der Waals surface area contributed by atoms with Gasteiger partial charge in [-0.05, 0) is 36.0 Å². The molecule has 0 aliphatic rings. The largest absolute Gasteiger partial charge is 0.356 e. The van der Waals surface area contributed by atoms with Gasteiger partial charge in [0.25, 0.3) is 0 Å². The lowest BCUT2D eigenvalue weighted by molar-refractivity contribution is -0.121. The smallest absolute Gasteiger partial charge is 0.232 e. The number of benzene rings is 2. The van der Waals surface area contributed by atoms with E-state index in [1.807, 2.05) is 61.5 Å². The van der Waals surface area contributed by atoms with E-state index in [-0.39, 0.29) is 18.4 Å². The number of aryl methyl sites for hydroxylation is 1. The van der Waals surface area contributed by atoms with E-state index in [4.69, 9.17) is 0 Å². The van der Waals surface area contributed by atoms with Gasteiger partial charge in [-0.25, -0.2) is 8.42 Å². The lowest BCUT2D eigenvalue weighted by Gasteiger charge is -2.24. The summed E-state index contributed by atoms with van der Waals surface area (Å²) in [5.41, 5.74) is 2.86. The molecule has 0 unspecified atom stereocenters. The normalized spacial score (nSPS) is 12.4. The van der Waals surface area contributed by atoms with Crippen LogP contribution in [0.25, 0.3) is 0 Å². The summed E-state index contributed by atoms with van der Waals surface area (Å²) in [4.78, 5) is 12.2. The van der Waals surface area contributed by atoms with Crippen molar-refractivity contribution in [1.29, 1.82) is 0 Å². The van der Waals surface area contributed by atoms with E-state index in [2.05, 4.69) is 12.2 Å². The molecular formula is C22H30N2O3S. The van der Waals surface area contributed by atoms with Crippen LogP contribution in [0.15, 0.2) is 54.6 Å². The van der Waals surface area contributed by atoms with Crippen molar-refractivity contribution in [2.24, 2.45) is 0 Å². The molecule has 6 heteroatoms. The molecule has 0 aliphatic carbocycles. The summed E-state index contributed by atoms with van der Waals surface area (Å²) in [5, 5.41) is 2.95. The number of carbonyl (C=O) groups excluding carboxylic acids is 1. The number of hydrogen-bond donors (Lipinski definition) is 1. The van der Waals surface area contributed by atoms with Crippen LogP contribution in [-0.4, -0.2) is 33.7 Å². The summed E-state index contributed by atoms with van der Waals surface area (Å²) in [6.45, 7) is 4.93. The molecule has 0 saturated carbocycles. The molecule has 2 aromatic rings. The van der Waals surface area contributed by atoms with Crippen molar-refractivity contribution >= 4 is 21.6 Å². The summed E-state index contributed by atoms with van der Waals surface area (Å²) >= 11 is 0. The Morgan fingerprint density at radius 2 is 1.71 bits per heavy atom. The third-order valence-electron chi connectivity index (χ3n) is 4.78. The molecule has 5 nitrogen and oxygen atoms in total. The van der Waals surface area contributed by atoms with E-state index in [1.54, 1.807) is 0 Å². The third-order valence-corrected chi connectivity index (χ3v) is 5.96. The van der Waals surface area contributed by atoms with Crippen molar-refractivity contribution in [3.63, 3.8) is 0 Å². The molecule has 0 aliphatic heterocycles. The second-order valence-corrected chi connectivity index (χ2v) is 8.94. The second-order valence-electron chi connectivity index (χ2n) is 7.04. The zero-order chi connectivity index (χ0) is 20.6. The number of para-hydroxylation sites is 1. The Hall–Kier alpha value is -2.34. The number of hydrogen-bond acceptors (Lipinski definition) is 3. The minimum Gasteiger partial charge on any atom is -0.356 e. The lowest BCUT2D eigenvalue weighted by Crippen LogP contribution is -2.33. The van der Waals surface area contributed by atoms with E-state index in [9.17, 15) is 13.2 Å². The highest BCUT2D eigenvalue weighted by Crippen LogP contribution is 2.24. The van der Waals surface area contributed by atoms with Gasteiger partial charge in [0.15, 0.2) is 0 Å². The topological polar surface area (TPSA) is 66.5 Å². The minimum absolute atomic E-state index is 0.0555. The van der Waals surface area contributed by atoms with Crippen molar-refractivity contribution in [2.75, 3.05) is 23.7 Å². The fraction of sp³-hybridized carbons (Fsp3) is 0.409. The Kier molecular flexibility index (Phi) is 8.05. The highest BCUT2D eigenvalue weighted by atomic mass is 32.2. The number of nitrogens with zero attached hydrogens (tertiary/aromatic N) is 1. The Balaban J connectivity index is 1.89. The monoisotopic (exact) mass is 402 g/mol. The van der Waals surface area contributed by atoms with Crippen molar-refractivity contribution in [1.82, 2.24) is 5.32 Å². The van der Waals surface area contributed by atoms with Crippen LogP contribution in [0, 0.1) is 0 Å². The number of amides is 1. The van der Waals surface area contributed by atoms with E-state index in [0.29, 0.717) is 25.1 Å². The maximum atomic E-state index is 12.3. The summed E-state index contributed by atoms with van der Waals surface area (Å²) in [6, 6.07) is 17.5. The highest BCUT2D eigenvalue weighted by Gasteiger charge is 2.19. The van der Waals surface area contributed by atoms with Crippen LogP contribution in [-0.2, 0) is 21.2 Å². The Labute approximate surface area is 168 Å². The quantitative estimate of drug-likeness (QED) is 0.659. The molecule has 1 amide bonds. The first-order valence-corrected chi connectivity index (χ1v) is 11.5. The first kappa shape index (κ1) is 22.0. The maximum Gasteiger partial charge on any atom is 0.232 e. The zero-order valence-electron chi connectivity index (χ0n) is 16.9. The van der Waals surface area contributed by atoms with Gasteiger partial charge in [0.1, 0.15) is 0 Å². The average Bonchev–Trinajstić information content (AvgIpc) is 2.69.